The molecule has 4 aliphatic heterocycles. The van der Waals surface area contributed by atoms with Gasteiger partial charge in [0.1, 0.15) is 0 Å². The van der Waals surface area contributed by atoms with Crippen molar-refractivity contribution in [3.8, 4) is 11.5 Å². The van der Waals surface area contributed by atoms with Gasteiger partial charge in [-0.2, -0.15) is 13.2 Å². The molecule has 0 radical (unpaired) electrons. The van der Waals surface area contributed by atoms with E-state index < -0.39 is 12.1 Å². The first-order chi connectivity index (χ1) is 15.7. The third kappa shape index (κ3) is 5.35. The standard InChI is InChI=1S/C20H26N2O4.C2HF3O2/c23-19(22-5-1-2-6-22)8-20-12-21(10-16(20)11-24-13-20)9-15-3-4-17-18(7-15)26-14-25-17;3-2(4,5)1(6)7/h3-4,7,16H,1-2,5-6,8-14H2;(H,6,7)/t16-,20+;/m1./s1. The minimum Gasteiger partial charge on any atom is -0.475 e. The molecule has 1 aromatic rings. The Morgan fingerprint density at radius 2 is 1.85 bits per heavy atom. The molecule has 2 atom stereocenters. The van der Waals surface area contributed by atoms with Crippen molar-refractivity contribution in [2.24, 2.45) is 11.3 Å². The van der Waals surface area contributed by atoms with Gasteiger partial charge in [0.05, 0.1) is 13.2 Å². The largest absolute Gasteiger partial charge is 0.490 e. The summed E-state index contributed by atoms with van der Waals surface area (Å²) in [5, 5.41) is 7.12. The topological polar surface area (TPSA) is 88.5 Å². The van der Waals surface area contributed by atoms with Gasteiger partial charge in [0.25, 0.3) is 0 Å². The van der Waals surface area contributed by atoms with Gasteiger partial charge in [-0.05, 0) is 30.5 Å². The highest BCUT2D eigenvalue weighted by Gasteiger charge is 2.52. The van der Waals surface area contributed by atoms with Crippen molar-refractivity contribution in [3.05, 3.63) is 23.8 Å². The summed E-state index contributed by atoms with van der Waals surface area (Å²) in [5.74, 6) is -0.309. The third-order valence-corrected chi connectivity index (χ3v) is 6.64. The number of fused-ring (bicyclic) bond motifs is 2. The molecule has 33 heavy (non-hydrogen) atoms. The Hall–Kier alpha value is -2.53. The second-order valence-corrected chi connectivity index (χ2v) is 9.00. The first-order valence-corrected chi connectivity index (χ1v) is 10.9. The molecule has 0 spiro atoms. The zero-order valence-corrected chi connectivity index (χ0v) is 18.1. The van der Waals surface area contributed by atoms with Crippen LogP contribution in [0.5, 0.6) is 11.5 Å². The molecule has 0 bridgehead atoms. The lowest BCUT2D eigenvalue weighted by atomic mass is 9.78. The summed E-state index contributed by atoms with van der Waals surface area (Å²) in [4.78, 5) is 26.2. The van der Waals surface area contributed by atoms with Gasteiger partial charge in [0, 0.05) is 50.5 Å². The van der Waals surface area contributed by atoms with E-state index in [1.165, 1.54) is 5.56 Å². The monoisotopic (exact) mass is 472 g/mol. The lowest BCUT2D eigenvalue weighted by Gasteiger charge is -2.29. The SMILES string of the molecule is O=C(C[C@]12COC[C@H]1CN(Cc1ccc3c(c1)OCO3)C2)N1CCCC1.O=C(O)C(F)(F)F. The number of carboxylic acids is 1. The number of aliphatic carboxylic acids is 1. The van der Waals surface area contributed by atoms with E-state index in [2.05, 4.69) is 17.0 Å². The van der Waals surface area contributed by atoms with Gasteiger partial charge in [-0.3, -0.25) is 9.69 Å². The number of likely N-dealkylation sites (tertiary alicyclic amines) is 2. The predicted octanol–water partition coefficient (Wildman–Crippen LogP) is 2.51. The number of halogens is 3. The molecular weight excluding hydrogens is 445 g/mol. The Labute approximate surface area is 189 Å². The average Bonchev–Trinajstić information content (AvgIpc) is 3.51. The number of ether oxygens (including phenoxy) is 3. The number of nitrogens with zero attached hydrogens (tertiary/aromatic N) is 2. The Morgan fingerprint density at radius 3 is 2.55 bits per heavy atom. The van der Waals surface area contributed by atoms with Gasteiger partial charge in [0.2, 0.25) is 12.7 Å². The second-order valence-electron chi connectivity index (χ2n) is 9.00. The number of alkyl halides is 3. The lowest BCUT2D eigenvalue weighted by Crippen LogP contribution is -2.38. The number of carboxylic acid groups (broad SMARTS) is 1. The van der Waals surface area contributed by atoms with E-state index in [0.717, 1.165) is 70.3 Å². The van der Waals surface area contributed by atoms with Gasteiger partial charge < -0.3 is 24.2 Å². The second kappa shape index (κ2) is 9.38. The zero-order valence-electron chi connectivity index (χ0n) is 18.1. The van der Waals surface area contributed by atoms with E-state index in [0.29, 0.717) is 25.0 Å². The molecule has 0 unspecified atom stereocenters. The van der Waals surface area contributed by atoms with Gasteiger partial charge in [-0.1, -0.05) is 6.07 Å². The molecule has 5 rings (SSSR count). The Bertz CT molecular complexity index is 889. The number of benzene rings is 1. The number of hydrogen-bond donors (Lipinski definition) is 1. The summed E-state index contributed by atoms with van der Waals surface area (Å²) < 4.78 is 48.4. The first-order valence-electron chi connectivity index (χ1n) is 10.9. The number of carbonyl (C=O) groups is 2. The van der Waals surface area contributed by atoms with E-state index in [-0.39, 0.29) is 5.41 Å². The first kappa shape index (κ1) is 23.6. The zero-order chi connectivity index (χ0) is 23.6. The Kier molecular flexibility index (Phi) is 6.71. The van der Waals surface area contributed by atoms with Crippen molar-refractivity contribution in [2.45, 2.75) is 32.0 Å². The fraction of sp³-hybridized carbons (Fsp3) is 0.636. The van der Waals surface area contributed by atoms with Crippen LogP contribution >= 0.6 is 0 Å². The predicted molar refractivity (Wildman–Crippen MR) is 109 cm³/mol. The van der Waals surface area contributed by atoms with Crippen LogP contribution in [0.1, 0.15) is 24.8 Å². The molecule has 1 N–H and O–H groups in total. The number of hydrogen-bond acceptors (Lipinski definition) is 6. The van der Waals surface area contributed by atoms with Crippen LogP contribution in [0.2, 0.25) is 0 Å². The molecule has 1 aromatic carbocycles. The van der Waals surface area contributed by atoms with Gasteiger partial charge in [0.15, 0.2) is 11.5 Å². The van der Waals surface area contributed by atoms with Crippen LogP contribution in [0.4, 0.5) is 13.2 Å². The molecule has 3 saturated heterocycles. The lowest BCUT2D eigenvalue weighted by molar-refractivity contribution is -0.192. The number of amides is 1. The smallest absolute Gasteiger partial charge is 0.475 e. The number of carbonyl (C=O) groups excluding carboxylic acids is 1. The van der Waals surface area contributed by atoms with Crippen molar-refractivity contribution in [1.82, 2.24) is 9.80 Å². The summed E-state index contributed by atoms with van der Waals surface area (Å²) in [6, 6.07) is 6.18. The Morgan fingerprint density at radius 1 is 1.15 bits per heavy atom. The molecule has 8 nitrogen and oxygen atoms in total. The molecule has 1 amide bonds. The van der Waals surface area contributed by atoms with Gasteiger partial charge >= 0.3 is 12.1 Å². The molecule has 182 valence electrons. The molecule has 0 saturated carbocycles. The van der Waals surface area contributed by atoms with E-state index in [9.17, 15) is 18.0 Å². The van der Waals surface area contributed by atoms with Crippen molar-refractivity contribution < 1.29 is 42.1 Å². The van der Waals surface area contributed by atoms with E-state index >= 15 is 0 Å². The van der Waals surface area contributed by atoms with Gasteiger partial charge in [-0.15, -0.1) is 0 Å². The average molecular weight is 472 g/mol. The molecule has 3 fully saturated rings. The van der Waals surface area contributed by atoms with Gasteiger partial charge in [-0.25, -0.2) is 4.79 Å². The van der Waals surface area contributed by atoms with Crippen molar-refractivity contribution >= 4 is 11.9 Å². The minimum absolute atomic E-state index is 0.00396. The fourth-order valence-corrected chi connectivity index (χ4v) is 4.99. The van der Waals surface area contributed by atoms with Crippen LogP contribution < -0.4 is 9.47 Å². The normalized spacial score (nSPS) is 26.2. The summed E-state index contributed by atoms with van der Waals surface area (Å²) in [5.41, 5.74) is 1.23. The molecular formula is C22H27F3N2O6. The molecule has 0 aliphatic carbocycles. The minimum atomic E-state index is -5.08. The summed E-state index contributed by atoms with van der Waals surface area (Å²) in [6.45, 7) is 6.49. The highest BCUT2D eigenvalue weighted by molar-refractivity contribution is 5.77. The molecule has 4 heterocycles. The summed E-state index contributed by atoms with van der Waals surface area (Å²) in [7, 11) is 0. The molecule has 11 heteroatoms. The maximum atomic E-state index is 12.8. The Balaban J connectivity index is 0.000000325. The third-order valence-electron chi connectivity index (χ3n) is 6.64. The van der Waals surface area contributed by atoms with Crippen LogP contribution in [-0.2, 0) is 20.9 Å². The van der Waals surface area contributed by atoms with Crippen LogP contribution in [0.25, 0.3) is 0 Å². The summed E-state index contributed by atoms with van der Waals surface area (Å²) >= 11 is 0. The highest BCUT2D eigenvalue weighted by atomic mass is 19.4. The van der Waals surface area contributed by atoms with Crippen LogP contribution in [0.3, 0.4) is 0 Å². The molecule has 4 aliphatic rings. The highest BCUT2D eigenvalue weighted by Crippen LogP contribution is 2.45. The van der Waals surface area contributed by atoms with Crippen LogP contribution in [0.15, 0.2) is 18.2 Å². The van der Waals surface area contributed by atoms with Crippen LogP contribution in [0, 0.1) is 11.3 Å². The van der Waals surface area contributed by atoms with Crippen molar-refractivity contribution in [3.63, 3.8) is 0 Å². The van der Waals surface area contributed by atoms with Crippen molar-refractivity contribution in [1.29, 1.82) is 0 Å². The molecule has 0 aromatic heterocycles. The van der Waals surface area contributed by atoms with Crippen LogP contribution in [-0.4, -0.2) is 79.1 Å². The van der Waals surface area contributed by atoms with E-state index in [1.54, 1.807) is 0 Å². The van der Waals surface area contributed by atoms with E-state index in [1.807, 2.05) is 11.0 Å². The summed E-state index contributed by atoms with van der Waals surface area (Å²) in [6.07, 6.45) is -2.15. The number of rotatable bonds is 4. The fourth-order valence-electron chi connectivity index (χ4n) is 4.99. The maximum Gasteiger partial charge on any atom is 0.490 e. The quantitative estimate of drug-likeness (QED) is 0.721. The maximum absolute atomic E-state index is 12.8. The van der Waals surface area contributed by atoms with E-state index in [4.69, 9.17) is 24.1 Å². The van der Waals surface area contributed by atoms with Crippen molar-refractivity contribution in [2.75, 3.05) is 46.2 Å².